The first-order valence-electron chi connectivity index (χ1n) is 5.62. The van der Waals surface area contributed by atoms with Crippen molar-refractivity contribution in [3.05, 3.63) is 11.9 Å². The van der Waals surface area contributed by atoms with Crippen molar-refractivity contribution in [2.75, 3.05) is 24.7 Å². The highest BCUT2D eigenvalue weighted by atomic mass is 16.5. The third-order valence-electron chi connectivity index (χ3n) is 2.15. The summed E-state index contributed by atoms with van der Waals surface area (Å²) in [5.41, 5.74) is 5.67. The molecule has 1 rings (SSSR count). The lowest BCUT2D eigenvalue weighted by Crippen LogP contribution is -2.08. The second-order valence-corrected chi connectivity index (χ2v) is 3.66. The maximum atomic E-state index is 5.67. The molecular weight excluding hydrogens is 204 g/mol. The molecule has 0 bridgehead atoms. The van der Waals surface area contributed by atoms with E-state index in [-0.39, 0.29) is 0 Å². The van der Waals surface area contributed by atoms with Gasteiger partial charge in [0.05, 0.1) is 0 Å². The van der Waals surface area contributed by atoms with Crippen LogP contribution in [0.3, 0.4) is 0 Å². The van der Waals surface area contributed by atoms with E-state index in [1.54, 1.807) is 13.2 Å². The molecule has 5 nitrogen and oxygen atoms in total. The smallest absolute Gasteiger partial charge is 0.158 e. The number of nitrogens with zero attached hydrogens (tertiary/aromatic N) is 2. The van der Waals surface area contributed by atoms with E-state index in [9.17, 15) is 0 Å². The van der Waals surface area contributed by atoms with Gasteiger partial charge in [0.2, 0.25) is 0 Å². The summed E-state index contributed by atoms with van der Waals surface area (Å²) in [4.78, 5) is 8.36. The molecule has 1 aromatic heterocycles. The fourth-order valence-corrected chi connectivity index (χ4v) is 1.39. The van der Waals surface area contributed by atoms with Crippen LogP contribution in [0, 0.1) is 0 Å². The van der Waals surface area contributed by atoms with E-state index in [2.05, 4.69) is 22.2 Å². The Balaban J connectivity index is 2.51. The molecule has 5 heteroatoms. The van der Waals surface area contributed by atoms with Crippen molar-refractivity contribution in [2.45, 2.75) is 32.8 Å². The summed E-state index contributed by atoms with van der Waals surface area (Å²) in [6, 6.07) is 1.74. The zero-order valence-electron chi connectivity index (χ0n) is 9.99. The number of nitrogens with one attached hydrogen (secondary N) is 1. The van der Waals surface area contributed by atoms with Gasteiger partial charge in [-0.2, -0.15) is 0 Å². The van der Waals surface area contributed by atoms with Crippen molar-refractivity contribution in [3.63, 3.8) is 0 Å². The second-order valence-electron chi connectivity index (χ2n) is 3.66. The fraction of sp³-hybridized carbons (Fsp3) is 0.636. The number of ether oxygens (including phenoxy) is 1. The number of aromatic nitrogens is 2. The van der Waals surface area contributed by atoms with Crippen molar-refractivity contribution in [1.29, 1.82) is 0 Å². The highest BCUT2D eigenvalue weighted by Gasteiger charge is 2.01. The van der Waals surface area contributed by atoms with E-state index < -0.39 is 0 Å². The number of hydrogen-bond acceptors (Lipinski definition) is 5. The normalized spacial score (nSPS) is 10.4. The SMILES string of the molecule is CCCCCNc1cc(N)nc(COC)n1. The van der Waals surface area contributed by atoms with Crippen molar-refractivity contribution in [1.82, 2.24) is 9.97 Å². The molecule has 0 aliphatic carbocycles. The molecule has 90 valence electrons. The Morgan fingerprint density at radius 1 is 1.38 bits per heavy atom. The maximum absolute atomic E-state index is 5.67. The Kier molecular flexibility index (Phi) is 5.56. The standard InChI is InChI=1S/C11H20N4O/c1-3-4-5-6-13-10-7-9(12)14-11(15-10)8-16-2/h7H,3-6,8H2,1-2H3,(H3,12,13,14,15). The first-order chi connectivity index (χ1) is 7.76. The first-order valence-corrected chi connectivity index (χ1v) is 5.62. The molecule has 0 radical (unpaired) electrons. The topological polar surface area (TPSA) is 73.1 Å². The van der Waals surface area contributed by atoms with E-state index in [1.807, 2.05) is 0 Å². The van der Waals surface area contributed by atoms with Crippen LogP contribution >= 0.6 is 0 Å². The molecule has 1 heterocycles. The molecule has 0 spiro atoms. The molecule has 0 atom stereocenters. The average molecular weight is 224 g/mol. The van der Waals surface area contributed by atoms with Gasteiger partial charge in [-0.1, -0.05) is 19.8 Å². The largest absolute Gasteiger partial charge is 0.384 e. The number of rotatable bonds is 7. The monoisotopic (exact) mass is 224 g/mol. The lowest BCUT2D eigenvalue weighted by Gasteiger charge is -2.07. The van der Waals surface area contributed by atoms with Gasteiger partial charge in [0.15, 0.2) is 5.82 Å². The molecule has 0 saturated carbocycles. The summed E-state index contributed by atoms with van der Waals surface area (Å²) >= 11 is 0. The number of nitrogen functional groups attached to an aromatic ring is 1. The van der Waals surface area contributed by atoms with E-state index in [0.29, 0.717) is 18.2 Å². The minimum absolute atomic E-state index is 0.384. The van der Waals surface area contributed by atoms with Crippen LogP contribution in [0.4, 0.5) is 11.6 Å². The van der Waals surface area contributed by atoms with Gasteiger partial charge in [0.1, 0.15) is 18.2 Å². The Bertz CT molecular complexity index is 317. The van der Waals surface area contributed by atoms with Crippen molar-refractivity contribution in [2.24, 2.45) is 0 Å². The molecule has 0 aliphatic rings. The average Bonchev–Trinajstić information content (AvgIpc) is 2.24. The molecule has 0 aliphatic heterocycles. The van der Waals surface area contributed by atoms with Crippen LogP contribution < -0.4 is 11.1 Å². The third-order valence-corrected chi connectivity index (χ3v) is 2.15. The van der Waals surface area contributed by atoms with Gasteiger partial charge in [-0.25, -0.2) is 9.97 Å². The van der Waals surface area contributed by atoms with E-state index in [1.165, 1.54) is 12.8 Å². The summed E-state index contributed by atoms with van der Waals surface area (Å²) in [7, 11) is 1.61. The van der Waals surface area contributed by atoms with E-state index >= 15 is 0 Å². The van der Waals surface area contributed by atoms with Gasteiger partial charge in [0.25, 0.3) is 0 Å². The number of methoxy groups -OCH3 is 1. The lowest BCUT2D eigenvalue weighted by atomic mass is 10.2. The number of anilines is 2. The predicted molar refractivity (Wildman–Crippen MR) is 65.2 cm³/mol. The van der Waals surface area contributed by atoms with Crippen molar-refractivity contribution < 1.29 is 4.74 Å². The van der Waals surface area contributed by atoms with Crippen LogP contribution in [0.5, 0.6) is 0 Å². The minimum Gasteiger partial charge on any atom is -0.384 e. The second kappa shape index (κ2) is 7.00. The molecule has 1 aromatic rings. The molecule has 0 amide bonds. The summed E-state index contributed by atoms with van der Waals surface area (Å²) in [5, 5.41) is 3.23. The zero-order chi connectivity index (χ0) is 11.8. The Morgan fingerprint density at radius 3 is 2.88 bits per heavy atom. The van der Waals surface area contributed by atoms with Crippen LogP contribution in [0.2, 0.25) is 0 Å². The van der Waals surface area contributed by atoms with Crippen molar-refractivity contribution >= 4 is 11.6 Å². The molecule has 0 fully saturated rings. The van der Waals surface area contributed by atoms with Crippen LogP contribution in [0.1, 0.15) is 32.0 Å². The summed E-state index contributed by atoms with van der Waals surface area (Å²) < 4.78 is 4.97. The van der Waals surface area contributed by atoms with E-state index in [0.717, 1.165) is 18.8 Å². The van der Waals surface area contributed by atoms with Gasteiger partial charge in [-0.3, -0.25) is 0 Å². The molecule has 3 N–H and O–H groups in total. The molecular formula is C11H20N4O. The van der Waals surface area contributed by atoms with Gasteiger partial charge in [-0.15, -0.1) is 0 Å². The van der Waals surface area contributed by atoms with Gasteiger partial charge in [-0.05, 0) is 6.42 Å². The van der Waals surface area contributed by atoms with Crippen LogP contribution in [-0.4, -0.2) is 23.6 Å². The lowest BCUT2D eigenvalue weighted by molar-refractivity contribution is 0.178. The fourth-order valence-electron chi connectivity index (χ4n) is 1.39. The summed E-state index contributed by atoms with van der Waals surface area (Å²) in [5.74, 6) is 1.86. The summed E-state index contributed by atoms with van der Waals surface area (Å²) in [6.07, 6.45) is 3.57. The van der Waals surface area contributed by atoms with Crippen LogP contribution in [-0.2, 0) is 11.3 Å². The molecule has 16 heavy (non-hydrogen) atoms. The number of nitrogens with two attached hydrogens (primary N) is 1. The Morgan fingerprint density at radius 2 is 2.19 bits per heavy atom. The highest BCUT2D eigenvalue weighted by molar-refractivity contribution is 5.44. The first kappa shape index (κ1) is 12.7. The Hall–Kier alpha value is -1.36. The van der Waals surface area contributed by atoms with Crippen LogP contribution in [0.15, 0.2) is 6.07 Å². The maximum Gasteiger partial charge on any atom is 0.158 e. The third kappa shape index (κ3) is 4.44. The predicted octanol–water partition coefficient (Wildman–Crippen LogP) is 1.81. The molecule has 0 aromatic carbocycles. The minimum atomic E-state index is 0.384. The van der Waals surface area contributed by atoms with Gasteiger partial charge < -0.3 is 15.8 Å². The van der Waals surface area contributed by atoms with Crippen molar-refractivity contribution in [3.8, 4) is 0 Å². The summed E-state index contributed by atoms with van der Waals surface area (Å²) in [6.45, 7) is 3.48. The van der Waals surface area contributed by atoms with E-state index in [4.69, 9.17) is 10.5 Å². The number of unbranched alkanes of at least 4 members (excludes halogenated alkanes) is 2. The van der Waals surface area contributed by atoms with Gasteiger partial charge >= 0.3 is 0 Å². The Labute approximate surface area is 96.4 Å². The quantitative estimate of drug-likeness (QED) is 0.691. The zero-order valence-corrected chi connectivity index (χ0v) is 9.99. The molecule has 0 saturated heterocycles. The number of hydrogen-bond donors (Lipinski definition) is 2. The van der Waals surface area contributed by atoms with Crippen LogP contribution in [0.25, 0.3) is 0 Å². The highest BCUT2D eigenvalue weighted by Crippen LogP contribution is 2.09. The van der Waals surface area contributed by atoms with Gasteiger partial charge in [0, 0.05) is 19.7 Å². The molecule has 0 unspecified atom stereocenters.